The van der Waals surface area contributed by atoms with Crippen LogP contribution in [0.25, 0.3) is 22.4 Å². The van der Waals surface area contributed by atoms with Crippen molar-refractivity contribution < 1.29 is 9.53 Å². The number of ether oxygens (including phenoxy) is 1. The van der Waals surface area contributed by atoms with Gasteiger partial charge >= 0.3 is 0 Å². The van der Waals surface area contributed by atoms with Gasteiger partial charge in [0.2, 0.25) is 5.91 Å². The SMILES string of the molecule is CC(C)NC(=O)Cn1c(-c2cccc(Cl)c2)nc2ncc(OC3CCN(C(C)C)CC3)cc2c1=O. The molecule has 2 aromatic heterocycles. The van der Waals surface area contributed by atoms with E-state index >= 15 is 0 Å². The highest BCUT2D eigenvalue weighted by molar-refractivity contribution is 6.30. The quantitative estimate of drug-likeness (QED) is 0.532. The van der Waals surface area contributed by atoms with E-state index in [4.69, 9.17) is 16.3 Å². The first-order chi connectivity index (χ1) is 16.7. The molecule has 1 amide bonds. The van der Waals surface area contributed by atoms with Crippen molar-refractivity contribution in [2.45, 2.75) is 65.3 Å². The summed E-state index contributed by atoms with van der Waals surface area (Å²) < 4.78 is 7.56. The number of likely N-dealkylation sites (tertiary alicyclic amines) is 1. The van der Waals surface area contributed by atoms with E-state index in [9.17, 15) is 9.59 Å². The van der Waals surface area contributed by atoms with Gasteiger partial charge in [-0.1, -0.05) is 23.7 Å². The van der Waals surface area contributed by atoms with Crippen LogP contribution >= 0.6 is 11.6 Å². The molecule has 4 rings (SSSR count). The van der Waals surface area contributed by atoms with Gasteiger partial charge in [0.15, 0.2) is 5.65 Å². The largest absolute Gasteiger partial charge is 0.489 e. The number of benzene rings is 1. The van der Waals surface area contributed by atoms with Gasteiger partial charge in [-0.15, -0.1) is 0 Å². The summed E-state index contributed by atoms with van der Waals surface area (Å²) in [5, 5.41) is 3.66. The minimum Gasteiger partial charge on any atom is -0.489 e. The van der Waals surface area contributed by atoms with Crippen LogP contribution in [0.4, 0.5) is 0 Å². The number of rotatable bonds is 7. The Morgan fingerprint density at radius 1 is 1.20 bits per heavy atom. The van der Waals surface area contributed by atoms with Crippen molar-refractivity contribution >= 4 is 28.5 Å². The Morgan fingerprint density at radius 2 is 1.94 bits per heavy atom. The average Bonchev–Trinajstić information content (AvgIpc) is 2.81. The molecule has 0 spiro atoms. The Hall–Kier alpha value is -2.97. The first kappa shape index (κ1) is 25.1. The molecule has 1 saturated heterocycles. The lowest BCUT2D eigenvalue weighted by molar-refractivity contribution is -0.122. The van der Waals surface area contributed by atoms with Crippen molar-refractivity contribution in [3.05, 3.63) is 51.9 Å². The summed E-state index contributed by atoms with van der Waals surface area (Å²) in [6.45, 7) is 9.93. The third-order valence-corrected chi connectivity index (χ3v) is 6.36. The van der Waals surface area contributed by atoms with E-state index in [0.29, 0.717) is 39.2 Å². The summed E-state index contributed by atoms with van der Waals surface area (Å²) >= 11 is 6.19. The predicted molar refractivity (Wildman–Crippen MR) is 138 cm³/mol. The molecule has 8 nitrogen and oxygen atoms in total. The number of nitrogens with one attached hydrogen (secondary N) is 1. The summed E-state index contributed by atoms with van der Waals surface area (Å²) in [5.74, 6) is 0.600. The summed E-state index contributed by atoms with van der Waals surface area (Å²) in [4.78, 5) is 37.7. The number of pyridine rings is 1. The molecule has 0 unspecified atom stereocenters. The topological polar surface area (TPSA) is 89.3 Å². The van der Waals surface area contributed by atoms with Gasteiger partial charge in [-0.3, -0.25) is 14.2 Å². The van der Waals surface area contributed by atoms with Gasteiger partial charge in [0, 0.05) is 35.8 Å². The number of nitrogens with zero attached hydrogens (tertiary/aromatic N) is 4. The molecule has 0 radical (unpaired) electrons. The molecule has 1 aliphatic heterocycles. The second-order valence-electron chi connectivity index (χ2n) is 9.55. The molecule has 35 heavy (non-hydrogen) atoms. The Bertz CT molecular complexity index is 1270. The Kier molecular flexibility index (Phi) is 7.72. The van der Waals surface area contributed by atoms with E-state index in [2.05, 4.69) is 34.0 Å². The minimum absolute atomic E-state index is 0.0509. The lowest BCUT2D eigenvalue weighted by Crippen LogP contribution is -2.41. The predicted octanol–water partition coefficient (Wildman–Crippen LogP) is 3.89. The zero-order chi connectivity index (χ0) is 25.1. The molecule has 3 heterocycles. The van der Waals surface area contributed by atoms with E-state index in [-0.39, 0.29) is 30.2 Å². The zero-order valence-electron chi connectivity index (χ0n) is 20.6. The number of fused-ring (bicyclic) bond motifs is 1. The highest BCUT2D eigenvalue weighted by atomic mass is 35.5. The van der Waals surface area contributed by atoms with E-state index in [1.54, 1.807) is 36.5 Å². The number of hydrogen-bond acceptors (Lipinski definition) is 6. The number of halogens is 1. The average molecular weight is 498 g/mol. The third-order valence-electron chi connectivity index (χ3n) is 6.13. The maximum atomic E-state index is 13.6. The van der Waals surface area contributed by atoms with Gasteiger partial charge in [0.25, 0.3) is 5.56 Å². The van der Waals surface area contributed by atoms with Crippen molar-refractivity contribution in [2.75, 3.05) is 13.1 Å². The highest BCUT2D eigenvalue weighted by Gasteiger charge is 2.23. The summed E-state index contributed by atoms with van der Waals surface area (Å²) in [6.07, 6.45) is 3.52. The van der Waals surface area contributed by atoms with E-state index in [0.717, 1.165) is 25.9 Å². The van der Waals surface area contributed by atoms with Crippen LogP contribution in [-0.2, 0) is 11.3 Å². The third kappa shape index (κ3) is 6.00. The number of carbonyl (C=O) groups is 1. The molecule has 1 aliphatic rings. The van der Waals surface area contributed by atoms with Gasteiger partial charge in [-0.05, 0) is 58.7 Å². The molecule has 186 valence electrons. The van der Waals surface area contributed by atoms with Crippen molar-refractivity contribution in [1.29, 1.82) is 0 Å². The van der Waals surface area contributed by atoms with E-state index < -0.39 is 0 Å². The molecular weight excluding hydrogens is 466 g/mol. The van der Waals surface area contributed by atoms with Gasteiger partial charge in [0.1, 0.15) is 24.2 Å². The molecule has 0 atom stereocenters. The fourth-order valence-corrected chi connectivity index (χ4v) is 4.55. The van der Waals surface area contributed by atoms with Crippen molar-refractivity contribution in [1.82, 2.24) is 24.8 Å². The summed E-state index contributed by atoms with van der Waals surface area (Å²) in [7, 11) is 0. The van der Waals surface area contributed by atoms with Gasteiger partial charge in [-0.25, -0.2) is 9.97 Å². The smallest absolute Gasteiger partial charge is 0.263 e. The molecule has 0 saturated carbocycles. The second kappa shape index (κ2) is 10.7. The van der Waals surface area contributed by atoms with E-state index in [1.807, 2.05) is 13.8 Å². The fourth-order valence-electron chi connectivity index (χ4n) is 4.36. The van der Waals surface area contributed by atoms with Gasteiger partial charge in [0.05, 0.1) is 11.6 Å². The number of hydrogen-bond donors (Lipinski definition) is 1. The molecule has 9 heteroatoms. The van der Waals surface area contributed by atoms with E-state index in [1.165, 1.54) is 4.57 Å². The molecule has 1 N–H and O–H groups in total. The molecular formula is C26H32ClN5O3. The molecule has 1 fully saturated rings. The number of carbonyl (C=O) groups excluding carboxylic acids is 1. The first-order valence-corrected chi connectivity index (χ1v) is 12.5. The zero-order valence-corrected chi connectivity index (χ0v) is 21.4. The lowest BCUT2D eigenvalue weighted by atomic mass is 10.1. The van der Waals surface area contributed by atoms with Crippen molar-refractivity contribution in [3.63, 3.8) is 0 Å². The molecule has 0 aliphatic carbocycles. The Labute approximate surface area is 210 Å². The monoisotopic (exact) mass is 497 g/mol. The standard InChI is InChI=1S/C26H32ClN5O3/c1-16(2)29-23(33)15-32-25(18-6-5-7-19(27)12-18)30-24-22(26(32)34)13-21(14-28-24)35-20-8-10-31(11-9-20)17(3)4/h5-7,12-14,16-17,20H,8-11,15H2,1-4H3,(H,29,33). The highest BCUT2D eigenvalue weighted by Crippen LogP contribution is 2.25. The Morgan fingerprint density at radius 3 is 2.60 bits per heavy atom. The molecule has 1 aromatic carbocycles. The fraction of sp³-hybridized carbons (Fsp3) is 0.462. The number of piperidine rings is 1. The van der Waals surface area contributed by atoms with Crippen LogP contribution in [0, 0.1) is 0 Å². The van der Waals surface area contributed by atoms with Crippen LogP contribution in [0.15, 0.2) is 41.3 Å². The maximum Gasteiger partial charge on any atom is 0.263 e. The normalized spacial score (nSPS) is 15.2. The maximum absolute atomic E-state index is 13.6. The van der Waals surface area contributed by atoms with Crippen LogP contribution in [0.3, 0.4) is 0 Å². The summed E-state index contributed by atoms with van der Waals surface area (Å²) in [6, 6.07) is 9.19. The number of amides is 1. The Balaban J connectivity index is 1.69. The van der Waals surface area contributed by atoms with Crippen LogP contribution in [0.5, 0.6) is 5.75 Å². The summed E-state index contributed by atoms with van der Waals surface area (Å²) in [5.41, 5.74) is 0.580. The molecule has 3 aromatic rings. The van der Waals surface area contributed by atoms with Gasteiger partial charge in [-0.2, -0.15) is 0 Å². The first-order valence-electron chi connectivity index (χ1n) is 12.1. The minimum atomic E-state index is -0.351. The second-order valence-corrected chi connectivity index (χ2v) is 9.98. The van der Waals surface area contributed by atoms with Crippen LogP contribution in [0.1, 0.15) is 40.5 Å². The van der Waals surface area contributed by atoms with Crippen LogP contribution < -0.4 is 15.6 Å². The van der Waals surface area contributed by atoms with Crippen LogP contribution in [0.2, 0.25) is 5.02 Å². The van der Waals surface area contributed by atoms with Crippen molar-refractivity contribution in [3.8, 4) is 17.1 Å². The number of aromatic nitrogens is 3. The molecule has 0 bridgehead atoms. The van der Waals surface area contributed by atoms with Crippen LogP contribution in [-0.4, -0.2) is 56.6 Å². The van der Waals surface area contributed by atoms with Gasteiger partial charge < -0.3 is 15.0 Å². The lowest BCUT2D eigenvalue weighted by Gasteiger charge is -2.34. The van der Waals surface area contributed by atoms with Crippen molar-refractivity contribution in [2.24, 2.45) is 0 Å².